The van der Waals surface area contributed by atoms with E-state index in [1.165, 1.54) is 38.8 Å². The van der Waals surface area contributed by atoms with Crippen LogP contribution in [0.3, 0.4) is 0 Å². The van der Waals surface area contributed by atoms with Gasteiger partial charge in [-0.25, -0.2) is 0 Å². The molecular weight excluding hydrogens is 172 g/mol. The normalized spacial score (nSPS) is 27.9. The molecule has 2 nitrogen and oxygen atoms in total. The molecule has 0 amide bonds. The van der Waals surface area contributed by atoms with Crippen molar-refractivity contribution in [3.05, 3.63) is 0 Å². The summed E-state index contributed by atoms with van der Waals surface area (Å²) in [7, 11) is 0. The van der Waals surface area contributed by atoms with E-state index in [0.717, 1.165) is 12.5 Å². The van der Waals surface area contributed by atoms with Gasteiger partial charge >= 0.3 is 0 Å². The van der Waals surface area contributed by atoms with Crippen molar-refractivity contribution in [1.82, 2.24) is 4.90 Å². The lowest BCUT2D eigenvalue weighted by Crippen LogP contribution is -2.50. The van der Waals surface area contributed by atoms with Crippen LogP contribution in [0, 0.1) is 5.92 Å². The van der Waals surface area contributed by atoms with Crippen molar-refractivity contribution in [1.29, 1.82) is 0 Å². The Labute approximate surface area is 88.8 Å². The van der Waals surface area contributed by atoms with Gasteiger partial charge in [-0.1, -0.05) is 6.92 Å². The van der Waals surface area contributed by atoms with Crippen LogP contribution < -0.4 is 5.73 Å². The first-order valence-electron chi connectivity index (χ1n) is 6.05. The first-order chi connectivity index (χ1) is 6.60. The van der Waals surface area contributed by atoms with Crippen molar-refractivity contribution in [2.75, 3.05) is 19.6 Å². The van der Waals surface area contributed by atoms with Gasteiger partial charge in [0.2, 0.25) is 0 Å². The van der Waals surface area contributed by atoms with Crippen LogP contribution in [-0.2, 0) is 0 Å². The van der Waals surface area contributed by atoms with Crippen molar-refractivity contribution < 1.29 is 0 Å². The third-order valence-electron chi connectivity index (χ3n) is 3.57. The molecule has 1 unspecified atom stereocenters. The molecule has 1 saturated heterocycles. The highest BCUT2D eigenvalue weighted by Gasteiger charge is 2.32. The summed E-state index contributed by atoms with van der Waals surface area (Å²) in [5, 5.41) is 0. The van der Waals surface area contributed by atoms with Gasteiger partial charge in [0.1, 0.15) is 0 Å². The minimum atomic E-state index is 0.418. The van der Waals surface area contributed by atoms with Gasteiger partial charge in [-0.2, -0.15) is 0 Å². The standard InChI is InChI=1S/C12H26N2/c1-4-9-14-10-11(6-8-13)5-7-12(14,2)3/h11H,4-10,13H2,1-3H3. The van der Waals surface area contributed by atoms with Crippen LogP contribution in [0.1, 0.15) is 46.5 Å². The van der Waals surface area contributed by atoms with E-state index in [2.05, 4.69) is 25.7 Å². The maximum Gasteiger partial charge on any atom is 0.0153 e. The average molecular weight is 198 g/mol. The first kappa shape index (κ1) is 12.0. The molecule has 1 rings (SSSR count). The van der Waals surface area contributed by atoms with Crippen LogP contribution >= 0.6 is 0 Å². The summed E-state index contributed by atoms with van der Waals surface area (Å²) < 4.78 is 0. The molecule has 0 saturated carbocycles. The topological polar surface area (TPSA) is 29.3 Å². The minimum absolute atomic E-state index is 0.418. The number of nitrogens with zero attached hydrogens (tertiary/aromatic N) is 1. The van der Waals surface area contributed by atoms with E-state index >= 15 is 0 Å². The van der Waals surface area contributed by atoms with Crippen molar-refractivity contribution in [3.8, 4) is 0 Å². The zero-order valence-electron chi connectivity index (χ0n) is 10.1. The van der Waals surface area contributed by atoms with Crippen LogP contribution in [0.4, 0.5) is 0 Å². The van der Waals surface area contributed by atoms with Crippen LogP contribution in [0.5, 0.6) is 0 Å². The van der Waals surface area contributed by atoms with E-state index in [1.807, 2.05) is 0 Å². The molecule has 14 heavy (non-hydrogen) atoms. The van der Waals surface area contributed by atoms with Gasteiger partial charge in [0, 0.05) is 12.1 Å². The summed E-state index contributed by atoms with van der Waals surface area (Å²) in [5.41, 5.74) is 6.05. The Morgan fingerprint density at radius 2 is 2.14 bits per heavy atom. The molecule has 1 aliphatic rings. The number of rotatable bonds is 4. The summed E-state index contributed by atoms with van der Waals surface area (Å²) in [6.45, 7) is 10.4. The third-order valence-corrected chi connectivity index (χ3v) is 3.57. The van der Waals surface area contributed by atoms with Crippen LogP contribution in [0.2, 0.25) is 0 Å². The van der Waals surface area contributed by atoms with E-state index in [0.29, 0.717) is 5.54 Å². The summed E-state index contributed by atoms with van der Waals surface area (Å²) in [4.78, 5) is 2.65. The Morgan fingerprint density at radius 1 is 1.43 bits per heavy atom. The van der Waals surface area contributed by atoms with E-state index in [9.17, 15) is 0 Å². The zero-order valence-corrected chi connectivity index (χ0v) is 10.1. The van der Waals surface area contributed by atoms with E-state index in [1.54, 1.807) is 0 Å². The van der Waals surface area contributed by atoms with E-state index < -0.39 is 0 Å². The molecule has 1 heterocycles. The van der Waals surface area contributed by atoms with Crippen molar-refractivity contribution in [2.24, 2.45) is 11.7 Å². The van der Waals surface area contributed by atoms with Crippen LogP contribution in [0.25, 0.3) is 0 Å². The minimum Gasteiger partial charge on any atom is -0.330 e. The molecule has 0 aromatic carbocycles. The highest BCUT2D eigenvalue weighted by molar-refractivity contribution is 4.88. The largest absolute Gasteiger partial charge is 0.330 e. The SMILES string of the molecule is CCCN1CC(CCN)CCC1(C)C. The molecule has 84 valence electrons. The van der Waals surface area contributed by atoms with Gasteiger partial charge in [-0.05, 0) is 58.5 Å². The van der Waals surface area contributed by atoms with Crippen LogP contribution in [-0.4, -0.2) is 30.1 Å². The van der Waals surface area contributed by atoms with Gasteiger partial charge < -0.3 is 5.73 Å². The van der Waals surface area contributed by atoms with Crippen LogP contribution in [0.15, 0.2) is 0 Å². The molecule has 0 aromatic rings. The van der Waals surface area contributed by atoms with E-state index in [-0.39, 0.29) is 0 Å². The number of likely N-dealkylation sites (tertiary alicyclic amines) is 1. The smallest absolute Gasteiger partial charge is 0.0153 e. The number of hydrogen-bond donors (Lipinski definition) is 1. The molecular formula is C12H26N2. The lowest BCUT2D eigenvalue weighted by atomic mass is 9.83. The second-order valence-corrected chi connectivity index (χ2v) is 5.24. The van der Waals surface area contributed by atoms with Gasteiger partial charge in [-0.3, -0.25) is 4.90 Å². The average Bonchev–Trinajstić information content (AvgIpc) is 2.12. The monoisotopic (exact) mass is 198 g/mol. The van der Waals surface area contributed by atoms with Gasteiger partial charge in [0.15, 0.2) is 0 Å². The van der Waals surface area contributed by atoms with Crippen molar-refractivity contribution in [3.63, 3.8) is 0 Å². The Morgan fingerprint density at radius 3 is 2.71 bits per heavy atom. The number of nitrogens with two attached hydrogens (primary N) is 1. The predicted molar refractivity (Wildman–Crippen MR) is 62.3 cm³/mol. The fourth-order valence-electron chi connectivity index (χ4n) is 2.50. The molecule has 0 radical (unpaired) electrons. The summed E-state index contributed by atoms with van der Waals surface area (Å²) in [6, 6.07) is 0. The first-order valence-corrected chi connectivity index (χ1v) is 6.05. The quantitative estimate of drug-likeness (QED) is 0.750. The lowest BCUT2D eigenvalue weighted by molar-refractivity contribution is 0.0436. The molecule has 1 fully saturated rings. The highest BCUT2D eigenvalue weighted by Crippen LogP contribution is 2.31. The zero-order chi connectivity index (χ0) is 10.6. The second kappa shape index (κ2) is 5.13. The fraction of sp³-hybridized carbons (Fsp3) is 1.00. The molecule has 2 N–H and O–H groups in total. The Kier molecular flexibility index (Phi) is 4.39. The van der Waals surface area contributed by atoms with Crippen molar-refractivity contribution in [2.45, 2.75) is 52.0 Å². The molecule has 1 aliphatic heterocycles. The molecule has 0 aliphatic carbocycles. The Hall–Kier alpha value is -0.0800. The summed E-state index contributed by atoms with van der Waals surface area (Å²) in [6.07, 6.45) is 5.16. The third kappa shape index (κ3) is 2.96. The number of hydrogen-bond acceptors (Lipinski definition) is 2. The summed E-state index contributed by atoms with van der Waals surface area (Å²) >= 11 is 0. The molecule has 0 spiro atoms. The summed E-state index contributed by atoms with van der Waals surface area (Å²) in [5.74, 6) is 0.847. The Balaban J connectivity index is 2.49. The predicted octanol–water partition coefficient (Wildman–Crippen LogP) is 2.24. The van der Waals surface area contributed by atoms with E-state index in [4.69, 9.17) is 5.73 Å². The van der Waals surface area contributed by atoms with Gasteiger partial charge in [0.25, 0.3) is 0 Å². The second-order valence-electron chi connectivity index (χ2n) is 5.24. The molecule has 0 aromatic heterocycles. The van der Waals surface area contributed by atoms with Gasteiger partial charge in [0.05, 0.1) is 0 Å². The lowest BCUT2D eigenvalue weighted by Gasteiger charge is -2.45. The molecule has 0 bridgehead atoms. The Bertz CT molecular complexity index is 166. The number of piperidine rings is 1. The highest BCUT2D eigenvalue weighted by atomic mass is 15.2. The molecule has 2 heteroatoms. The van der Waals surface area contributed by atoms with Gasteiger partial charge in [-0.15, -0.1) is 0 Å². The molecule has 1 atom stereocenters. The fourth-order valence-corrected chi connectivity index (χ4v) is 2.50. The van der Waals surface area contributed by atoms with Crippen molar-refractivity contribution >= 4 is 0 Å². The maximum absolute atomic E-state index is 5.63. The maximum atomic E-state index is 5.63.